The highest BCUT2D eigenvalue weighted by Gasteiger charge is 2.01. The Morgan fingerprint density at radius 2 is 2.15 bits per heavy atom. The van der Waals surface area contributed by atoms with Crippen LogP contribution in [0.15, 0.2) is 12.1 Å². The van der Waals surface area contributed by atoms with Gasteiger partial charge >= 0.3 is 0 Å². The van der Waals surface area contributed by atoms with Crippen molar-refractivity contribution < 1.29 is 9.47 Å². The first-order valence-corrected chi connectivity index (χ1v) is 4.10. The van der Waals surface area contributed by atoms with Gasteiger partial charge in [0.15, 0.2) is 5.05 Å². The van der Waals surface area contributed by atoms with Crippen molar-refractivity contribution in [2.45, 2.75) is 6.42 Å². The Balaban J connectivity index is 2.64. The molecule has 0 radical (unpaired) electrons. The van der Waals surface area contributed by atoms with Gasteiger partial charge in [-0.25, -0.2) is 0 Å². The van der Waals surface area contributed by atoms with Gasteiger partial charge in [0, 0.05) is 6.07 Å². The molecule has 0 fully saturated rings. The smallest absolute Gasteiger partial charge is 0.233 e. The summed E-state index contributed by atoms with van der Waals surface area (Å²) in [6.45, 7) is 0. The number of nitrogens with zero attached hydrogens (tertiary/aromatic N) is 2. The number of aromatic nitrogens is 2. The largest absolute Gasteiger partial charge is 0.490 e. The SMILES string of the molecule is COC(=S)Cc1ccc(OC)nn1. The monoisotopic (exact) mass is 198 g/mol. The summed E-state index contributed by atoms with van der Waals surface area (Å²) in [6, 6.07) is 3.54. The van der Waals surface area contributed by atoms with E-state index in [0.29, 0.717) is 17.4 Å². The molecule has 0 atom stereocenters. The summed E-state index contributed by atoms with van der Waals surface area (Å²) >= 11 is 4.88. The highest BCUT2D eigenvalue weighted by atomic mass is 32.1. The minimum Gasteiger partial charge on any atom is -0.490 e. The van der Waals surface area contributed by atoms with E-state index in [1.807, 2.05) is 0 Å². The minimum atomic E-state index is 0.493. The first-order chi connectivity index (χ1) is 6.26. The third kappa shape index (κ3) is 2.95. The van der Waals surface area contributed by atoms with Crippen molar-refractivity contribution in [1.29, 1.82) is 0 Å². The third-order valence-corrected chi connectivity index (χ3v) is 1.77. The number of thiocarbonyl (C=S) groups is 1. The number of hydrogen-bond donors (Lipinski definition) is 0. The summed E-state index contributed by atoms with van der Waals surface area (Å²) in [5.41, 5.74) is 0.771. The maximum Gasteiger partial charge on any atom is 0.233 e. The Hall–Kier alpha value is -1.23. The van der Waals surface area contributed by atoms with E-state index in [1.165, 1.54) is 0 Å². The van der Waals surface area contributed by atoms with Gasteiger partial charge in [-0.3, -0.25) is 0 Å². The van der Waals surface area contributed by atoms with Crippen LogP contribution in [0.5, 0.6) is 5.88 Å². The quantitative estimate of drug-likeness (QED) is 0.678. The first-order valence-electron chi connectivity index (χ1n) is 3.69. The van der Waals surface area contributed by atoms with E-state index in [-0.39, 0.29) is 0 Å². The van der Waals surface area contributed by atoms with Crippen molar-refractivity contribution in [1.82, 2.24) is 10.2 Å². The molecule has 1 aromatic rings. The zero-order chi connectivity index (χ0) is 9.68. The highest BCUT2D eigenvalue weighted by molar-refractivity contribution is 7.80. The second-order valence-corrected chi connectivity index (χ2v) is 2.78. The van der Waals surface area contributed by atoms with Crippen LogP contribution >= 0.6 is 12.2 Å². The molecule has 1 rings (SSSR count). The molecule has 0 unspecified atom stereocenters. The molecular weight excluding hydrogens is 188 g/mol. The van der Waals surface area contributed by atoms with Gasteiger partial charge < -0.3 is 9.47 Å². The number of methoxy groups -OCH3 is 2. The van der Waals surface area contributed by atoms with Gasteiger partial charge in [-0.05, 0) is 18.3 Å². The molecule has 1 heterocycles. The molecule has 0 spiro atoms. The summed E-state index contributed by atoms with van der Waals surface area (Å²) in [4.78, 5) is 0. The fourth-order valence-corrected chi connectivity index (χ4v) is 0.919. The molecular formula is C8H10N2O2S. The van der Waals surface area contributed by atoms with E-state index >= 15 is 0 Å². The Morgan fingerprint density at radius 1 is 1.38 bits per heavy atom. The van der Waals surface area contributed by atoms with Crippen LogP contribution < -0.4 is 4.74 Å². The molecule has 13 heavy (non-hydrogen) atoms. The maximum absolute atomic E-state index is 4.88. The Labute approximate surface area is 81.9 Å². The van der Waals surface area contributed by atoms with Crippen molar-refractivity contribution in [2.24, 2.45) is 0 Å². The second kappa shape index (κ2) is 4.71. The molecule has 0 saturated carbocycles. The topological polar surface area (TPSA) is 44.2 Å². The highest BCUT2D eigenvalue weighted by Crippen LogP contribution is 2.04. The van der Waals surface area contributed by atoms with Gasteiger partial charge in [-0.2, -0.15) is 5.10 Å². The molecule has 5 heteroatoms. The van der Waals surface area contributed by atoms with Gasteiger partial charge in [-0.1, -0.05) is 0 Å². The number of rotatable bonds is 3. The van der Waals surface area contributed by atoms with Gasteiger partial charge in [0.2, 0.25) is 5.88 Å². The predicted octanol–water partition coefficient (Wildman–Crippen LogP) is 1.00. The molecule has 4 nitrogen and oxygen atoms in total. The van der Waals surface area contributed by atoms with Crippen LogP contribution in [0.2, 0.25) is 0 Å². The molecule has 0 saturated heterocycles. The Morgan fingerprint density at radius 3 is 2.62 bits per heavy atom. The van der Waals surface area contributed by atoms with Gasteiger partial charge in [0.1, 0.15) is 0 Å². The molecule has 70 valence electrons. The summed E-state index contributed by atoms with van der Waals surface area (Å²) < 4.78 is 9.71. The fraction of sp³-hybridized carbons (Fsp3) is 0.375. The third-order valence-electron chi connectivity index (χ3n) is 1.46. The summed E-state index contributed by atoms with van der Waals surface area (Å²) in [6.07, 6.45) is 0.503. The van der Waals surface area contributed by atoms with Crippen LogP contribution in [0.4, 0.5) is 0 Å². The lowest BCUT2D eigenvalue weighted by Crippen LogP contribution is -2.04. The lowest BCUT2D eigenvalue weighted by atomic mass is 10.3. The molecule has 0 N–H and O–H groups in total. The van der Waals surface area contributed by atoms with E-state index in [1.54, 1.807) is 26.4 Å². The van der Waals surface area contributed by atoms with E-state index in [4.69, 9.17) is 21.7 Å². The summed E-state index contributed by atoms with van der Waals surface area (Å²) in [5, 5.41) is 8.19. The lowest BCUT2D eigenvalue weighted by Gasteiger charge is -2.01. The molecule has 0 aromatic carbocycles. The zero-order valence-corrected chi connectivity index (χ0v) is 8.30. The van der Waals surface area contributed by atoms with Gasteiger partial charge in [0.25, 0.3) is 0 Å². The lowest BCUT2D eigenvalue weighted by molar-refractivity contribution is 0.390. The van der Waals surface area contributed by atoms with Gasteiger partial charge in [0.05, 0.1) is 26.3 Å². The zero-order valence-electron chi connectivity index (χ0n) is 7.48. The molecule has 0 aliphatic rings. The molecule has 0 aliphatic carbocycles. The van der Waals surface area contributed by atoms with E-state index in [9.17, 15) is 0 Å². The van der Waals surface area contributed by atoms with Crippen LogP contribution in [0, 0.1) is 0 Å². The van der Waals surface area contributed by atoms with Crippen LogP contribution in [0.25, 0.3) is 0 Å². The van der Waals surface area contributed by atoms with Crippen LogP contribution in [0.3, 0.4) is 0 Å². The summed E-state index contributed by atoms with van der Waals surface area (Å²) in [5.74, 6) is 0.493. The predicted molar refractivity (Wildman–Crippen MR) is 51.9 cm³/mol. The van der Waals surface area contributed by atoms with Crippen LogP contribution in [0.1, 0.15) is 5.69 Å². The maximum atomic E-state index is 4.88. The van der Waals surface area contributed by atoms with E-state index < -0.39 is 0 Å². The van der Waals surface area contributed by atoms with Crippen LogP contribution in [-0.2, 0) is 11.2 Å². The van der Waals surface area contributed by atoms with Crippen molar-refractivity contribution in [3.63, 3.8) is 0 Å². The van der Waals surface area contributed by atoms with Gasteiger partial charge in [-0.15, -0.1) is 5.10 Å². The number of hydrogen-bond acceptors (Lipinski definition) is 5. The standard InChI is InChI=1S/C8H10N2O2S/c1-11-7-4-3-6(9-10-7)5-8(13)12-2/h3-4H,5H2,1-2H3. The average molecular weight is 198 g/mol. The molecule has 1 aromatic heterocycles. The minimum absolute atomic E-state index is 0.493. The second-order valence-electron chi connectivity index (χ2n) is 2.32. The Kier molecular flexibility index (Phi) is 3.57. The van der Waals surface area contributed by atoms with Crippen molar-refractivity contribution in [3.05, 3.63) is 17.8 Å². The molecule has 0 amide bonds. The normalized spacial score (nSPS) is 9.38. The first kappa shape index (κ1) is 9.85. The van der Waals surface area contributed by atoms with Crippen molar-refractivity contribution in [2.75, 3.05) is 14.2 Å². The average Bonchev–Trinajstić information content (AvgIpc) is 2.19. The number of ether oxygens (including phenoxy) is 2. The van der Waals surface area contributed by atoms with Crippen molar-refractivity contribution in [3.8, 4) is 5.88 Å². The summed E-state index contributed by atoms with van der Waals surface area (Å²) in [7, 11) is 3.09. The van der Waals surface area contributed by atoms with Crippen LogP contribution in [-0.4, -0.2) is 29.5 Å². The fourth-order valence-electron chi connectivity index (χ4n) is 0.771. The van der Waals surface area contributed by atoms with E-state index in [2.05, 4.69) is 10.2 Å². The Bertz CT molecular complexity index is 287. The molecule has 0 aliphatic heterocycles. The van der Waals surface area contributed by atoms with Crippen molar-refractivity contribution >= 4 is 17.3 Å². The van der Waals surface area contributed by atoms with E-state index in [0.717, 1.165) is 5.69 Å². The molecule has 0 bridgehead atoms.